The largest absolute Gasteiger partial charge is 0.418 e. The molecule has 3 N–H and O–H groups in total. The molecule has 0 saturated carbocycles. The van der Waals surface area contributed by atoms with Crippen LogP contribution >= 0.6 is 0 Å². The third kappa shape index (κ3) is 3.87. The van der Waals surface area contributed by atoms with Gasteiger partial charge < -0.3 is 10.1 Å². The molecule has 2 unspecified atom stereocenters. The number of alkyl halides is 3. The number of rotatable bonds is 7. The molecule has 2 aromatic heterocycles. The highest BCUT2D eigenvalue weighted by Crippen LogP contribution is 2.53. The number of aliphatic hydroxyl groups is 1. The molecular formula is C24H29F4N3O3. The molecule has 6 nitrogen and oxygen atoms in total. The molecule has 3 rings (SSSR count). The molecule has 2 heterocycles. The maximum Gasteiger partial charge on any atom is 0.418 e. The molecule has 0 aliphatic heterocycles. The van der Waals surface area contributed by atoms with Crippen LogP contribution in [0.25, 0.3) is 11.0 Å². The summed E-state index contributed by atoms with van der Waals surface area (Å²) in [5.74, 6) is -1.41. The fraction of sp³-hybridized carbons (Fsp3) is 0.500. The van der Waals surface area contributed by atoms with Crippen LogP contribution in [-0.4, -0.2) is 31.4 Å². The second kappa shape index (κ2) is 8.72. The highest BCUT2D eigenvalue weighted by atomic mass is 19.4. The second-order valence-corrected chi connectivity index (χ2v) is 9.02. The molecule has 0 bridgehead atoms. The van der Waals surface area contributed by atoms with Crippen molar-refractivity contribution in [3.63, 3.8) is 0 Å². The highest BCUT2D eigenvalue weighted by molar-refractivity contribution is 5.75. The van der Waals surface area contributed by atoms with Crippen LogP contribution in [0.1, 0.15) is 62.8 Å². The van der Waals surface area contributed by atoms with E-state index < -0.39 is 46.6 Å². The van der Waals surface area contributed by atoms with Gasteiger partial charge in [-0.25, -0.2) is 9.18 Å². The van der Waals surface area contributed by atoms with Gasteiger partial charge in [-0.15, -0.1) is 0 Å². The Labute approximate surface area is 193 Å². The minimum atomic E-state index is -5.05. The molecule has 34 heavy (non-hydrogen) atoms. The van der Waals surface area contributed by atoms with Crippen LogP contribution in [0.15, 0.2) is 33.9 Å². The summed E-state index contributed by atoms with van der Waals surface area (Å²) in [6, 6.07) is 5.18. The Morgan fingerprint density at radius 2 is 1.71 bits per heavy atom. The van der Waals surface area contributed by atoms with Crippen molar-refractivity contribution in [2.75, 3.05) is 0 Å². The molecule has 3 aromatic rings. The van der Waals surface area contributed by atoms with Crippen LogP contribution in [-0.2, 0) is 12.5 Å². The lowest BCUT2D eigenvalue weighted by Crippen LogP contribution is -2.61. The van der Waals surface area contributed by atoms with Gasteiger partial charge in [0.15, 0.2) is 5.60 Å². The number of aromatic amines is 2. The fourth-order valence-corrected chi connectivity index (χ4v) is 5.16. The molecular weight excluding hydrogens is 454 g/mol. The lowest BCUT2D eigenvalue weighted by molar-refractivity contribution is -0.292. The Morgan fingerprint density at radius 1 is 1.09 bits per heavy atom. The first-order valence-electron chi connectivity index (χ1n) is 11.1. The summed E-state index contributed by atoms with van der Waals surface area (Å²) in [4.78, 5) is 29.8. The lowest BCUT2D eigenvalue weighted by Gasteiger charge is -2.48. The highest BCUT2D eigenvalue weighted by Gasteiger charge is 2.65. The van der Waals surface area contributed by atoms with E-state index in [9.17, 15) is 32.3 Å². The van der Waals surface area contributed by atoms with Gasteiger partial charge in [0.2, 0.25) is 0 Å². The van der Waals surface area contributed by atoms with E-state index >= 15 is 0 Å². The van der Waals surface area contributed by atoms with E-state index in [2.05, 4.69) is 9.97 Å². The third-order valence-corrected chi connectivity index (χ3v) is 7.25. The molecule has 0 aliphatic rings. The van der Waals surface area contributed by atoms with Gasteiger partial charge in [-0.3, -0.25) is 14.3 Å². The van der Waals surface area contributed by atoms with Crippen LogP contribution in [0.5, 0.6) is 0 Å². The van der Waals surface area contributed by atoms with E-state index in [1.165, 1.54) is 52.1 Å². The quantitative estimate of drug-likeness (QED) is 0.431. The van der Waals surface area contributed by atoms with Crippen molar-refractivity contribution in [2.24, 2.45) is 7.05 Å². The van der Waals surface area contributed by atoms with Gasteiger partial charge in [-0.1, -0.05) is 26.8 Å². The molecule has 0 radical (unpaired) electrons. The van der Waals surface area contributed by atoms with Crippen molar-refractivity contribution in [3.05, 3.63) is 67.7 Å². The molecule has 0 saturated heterocycles. The number of nitrogens with zero attached hydrogens (tertiary/aromatic N) is 1. The van der Waals surface area contributed by atoms with E-state index in [4.69, 9.17) is 0 Å². The standard InChI is InChI=1S/C24H29F4N3O3/c1-6-22(7-2,18-11-17-19(29-18)30-21(33)31(5)20(17)32)23(34,24(26,27)28)12-14(4)16-10-15(25)9-8-13(16)3/h8-11,14,29,34H,6-7,12H2,1-5H3,(H,30,33). The Hall–Kier alpha value is -2.88. The van der Waals surface area contributed by atoms with E-state index in [1.54, 1.807) is 6.92 Å². The lowest BCUT2D eigenvalue weighted by atomic mass is 9.62. The van der Waals surface area contributed by atoms with E-state index in [0.29, 0.717) is 11.1 Å². The SMILES string of the molecule is CCC(CC)(c1cc2c(=O)n(C)c(=O)[nH]c2[nH]1)C(O)(CC(C)c1cc(F)ccc1C)C(F)(F)F. The smallest absolute Gasteiger partial charge is 0.380 e. The Balaban J connectivity index is 2.25. The number of benzene rings is 1. The van der Waals surface area contributed by atoms with E-state index in [0.717, 1.165) is 4.57 Å². The number of halogens is 4. The van der Waals surface area contributed by atoms with Crippen molar-refractivity contribution in [1.29, 1.82) is 0 Å². The summed E-state index contributed by atoms with van der Waals surface area (Å²) >= 11 is 0. The van der Waals surface area contributed by atoms with Gasteiger partial charge in [-0.2, -0.15) is 13.2 Å². The third-order valence-electron chi connectivity index (χ3n) is 7.25. The number of nitrogens with one attached hydrogen (secondary N) is 2. The van der Waals surface area contributed by atoms with Gasteiger partial charge in [0.05, 0.1) is 5.39 Å². The van der Waals surface area contributed by atoms with Crippen molar-refractivity contribution < 1.29 is 22.7 Å². The topological polar surface area (TPSA) is 90.9 Å². The molecule has 1 aromatic carbocycles. The molecule has 2 atom stereocenters. The van der Waals surface area contributed by atoms with E-state index in [-0.39, 0.29) is 29.6 Å². The number of hydrogen-bond donors (Lipinski definition) is 3. The number of fused-ring (bicyclic) bond motifs is 1. The molecule has 0 spiro atoms. The monoisotopic (exact) mass is 483 g/mol. The van der Waals surface area contributed by atoms with Crippen molar-refractivity contribution in [2.45, 2.75) is 70.1 Å². The number of aryl methyl sites for hydroxylation is 1. The van der Waals surface area contributed by atoms with Crippen molar-refractivity contribution in [3.8, 4) is 0 Å². The molecule has 0 amide bonds. The van der Waals surface area contributed by atoms with Gasteiger partial charge in [-0.05, 0) is 61.4 Å². The summed E-state index contributed by atoms with van der Waals surface area (Å²) < 4.78 is 58.8. The van der Waals surface area contributed by atoms with Crippen molar-refractivity contribution in [1.82, 2.24) is 14.5 Å². The average Bonchev–Trinajstić information content (AvgIpc) is 3.18. The summed E-state index contributed by atoms with van der Waals surface area (Å²) in [5.41, 5.74) is -5.51. The minimum absolute atomic E-state index is 0.00515. The first kappa shape index (κ1) is 25.7. The first-order valence-corrected chi connectivity index (χ1v) is 11.1. The van der Waals surface area contributed by atoms with Crippen LogP contribution in [0, 0.1) is 12.7 Å². The minimum Gasteiger partial charge on any atom is -0.380 e. The Kier molecular flexibility index (Phi) is 6.60. The molecule has 186 valence electrons. The van der Waals surface area contributed by atoms with Crippen LogP contribution < -0.4 is 11.2 Å². The molecule has 0 aliphatic carbocycles. The summed E-state index contributed by atoms with van der Waals surface area (Å²) in [6.07, 6.45) is -6.02. The van der Waals surface area contributed by atoms with Crippen LogP contribution in [0.3, 0.4) is 0 Å². The summed E-state index contributed by atoms with van der Waals surface area (Å²) in [5, 5.41) is 11.5. The summed E-state index contributed by atoms with van der Waals surface area (Å²) in [7, 11) is 1.26. The number of hydrogen-bond acceptors (Lipinski definition) is 3. The zero-order valence-electron chi connectivity index (χ0n) is 19.7. The van der Waals surface area contributed by atoms with Crippen LogP contribution in [0.2, 0.25) is 0 Å². The zero-order chi connectivity index (χ0) is 25.6. The normalized spacial score (nSPS) is 15.5. The Bertz CT molecular complexity index is 1320. The molecule has 10 heteroatoms. The Morgan fingerprint density at radius 3 is 2.26 bits per heavy atom. The average molecular weight is 484 g/mol. The number of aromatic nitrogens is 3. The zero-order valence-corrected chi connectivity index (χ0v) is 19.7. The fourth-order valence-electron chi connectivity index (χ4n) is 5.16. The van der Waals surface area contributed by atoms with E-state index in [1.807, 2.05) is 0 Å². The van der Waals surface area contributed by atoms with Gasteiger partial charge in [0.25, 0.3) is 5.56 Å². The maximum absolute atomic E-state index is 14.7. The first-order chi connectivity index (χ1) is 15.7. The molecule has 0 fully saturated rings. The van der Waals surface area contributed by atoms with Gasteiger partial charge >= 0.3 is 11.9 Å². The predicted octanol–water partition coefficient (Wildman–Crippen LogP) is 4.55. The maximum atomic E-state index is 14.7. The predicted molar refractivity (Wildman–Crippen MR) is 122 cm³/mol. The summed E-state index contributed by atoms with van der Waals surface area (Å²) in [6.45, 7) is 6.26. The van der Waals surface area contributed by atoms with Crippen LogP contribution in [0.4, 0.5) is 17.6 Å². The van der Waals surface area contributed by atoms with Crippen molar-refractivity contribution >= 4 is 11.0 Å². The second-order valence-electron chi connectivity index (χ2n) is 9.02. The number of H-pyrrole nitrogens is 2. The van der Waals surface area contributed by atoms with Gasteiger partial charge in [0, 0.05) is 18.2 Å². The van der Waals surface area contributed by atoms with Gasteiger partial charge in [0.1, 0.15) is 11.5 Å².